The zero-order chi connectivity index (χ0) is 0. The van der Waals surface area contributed by atoms with Gasteiger partial charge in [-0.25, -0.2) is 0 Å². The predicted molar refractivity (Wildman–Crippen MR) is 58.2 cm³/mol. The van der Waals surface area contributed by atoms with E-state index in [1.165, 1.54) is 0 Å². The van der Waals surface area contributed by atoms with Crippen LogP contribution in [0.4, 0.5) is 0 Å². The Labute approximate surface area is 182 Å². The fraction of sp³-hybridized carbons (Fsp3) is 1.00. The monoisotopic (exact) mass is 1100 g/mol. The van der Waals surface area contributed by atoms with E-state index in [0.29, 0.717) is 0 Å². The van der Waals surface area contributed by atoms with E-state index in [4.69, 9.17) is 0 Å². The molecule has 0 fully saturated rings. The quantitative estimate of drug-likeness (QED) is 0.314. The molecule has 0 saturated heterocycles. The average molecular weight is 1100 g/mol. The van der Waals surface area contributed by atoms with Gasteiger partial charge in [0.2, 0.25) is 0 Å². The molecule has 0 aliphatic carbocycles. The first-order valence-corrected chi connectivity index (χ1v) is 0. The second-order valence-corrected chi connectivity index (χ2v) is 0. The summed E-state index contributed by atoms with van der Waals surface area (Å²) in [5.41, 5.74) is 0. The smallest absolute Gasteiger partial charge is 0 e. The maximum atomic E-state index is 0. The molecule has 0 heterocycles. The molecule has 0 aromatic carbocycles. The predicted octanol–water partition coefficient (Wildman–Crippen LogP) is 4.51. The average Bonchev–Trinajstić information content (AvgIpc) is 0. The third kappa shape index (κ3) is 127. The molecule has 0 nitrogen and oxygen atoms in total. The van der Waals surface area contributed by atoms with Gasteiger partial charge in [-0.2, -0.15) is 9.90 Å². The molecule has 80 valence electrons. The largest absolute Gasteiger partial charge is 0.153 e. The molecule has 0 aromatic rings. The fourth-order valence-corrected chi connectivity index (χ4v) is 0. The van der Waals surface area contributed by atoms with Crippen LogP contribution in [0.15, 0.2) is 0 Å². The Bertz CT molecular complexity index is 15.4. The van der Waals surface area contributed by atoms with E-state index in [-0.39, 0.29) is 186 Å². The van der Waals surface area contributed by atoms with Crippen LogP contribution in [0.2, 0.25) is 0 Å². The number of rotatable bonds is 0. The van der Waals surface area contributed by atoms with Gasteiger partial charge in [-0.15, -0.1) is 0 Å². The molecule has 1 atom stereocenters. The summed E-state index contributed by atoms with van der Waals surface area (Å²) < 4.78 is 0. The minimum Gasteiger partial charge on any atom is -0.153 e. The molecule has 0 aliphatic rings. The van der Waals surface area contributed by atoms with Gasteiger partial charge in [0.05, 0.1) is 0 Å². The Hall–Kier alpha value is 4.64. The molecule has 0 bridgehead atoms. The first-order chi connectivity index (χ1) is 0. The van der Waals surface area contributed by atoms with Crippen molar-refractivity contribution in [2.45, 2.75) is 52.0 Å². The molecule has 0 N–H and O–H groups in total. The molecule has 0 spiro atoms. The number of hydrogen-bond acceptors (Lipinski definition) is 0. The van der Waals surface area contributed by atoms with Crippen molar-refractivity contribution in [3.63, 3.8) is 0 Å². The van der Waals surface area contributed by atoms with Gasteiger partial charge in [-0.1, -0.05) is 52.0 Å². The van der Waals surface area contributed by atoms with Crippen molar-refractivity contribution in [3.8, 4) is 0 Å². The standard InChI is InChI=1S/7CH4.H3P.4U/h7*1H4;1H3;;;;. The van der Waals surface area contributed by atoms with E-state index in [2.05, 4.69) is 0 Å². The molecule has 0 aliphatic heterocycles. The zero-order valence-electron chi connectivity index (χ0n) is 2.71. The van der Waals surface area contributed by atoms with E-state index in [1.807, 2.05) is 0 Å². The minimum absolute atomic E-state index is 0. The molecule has 12 heavy (non-hydrogen) atoms. The summed E-state index contributed by atoms with van der Waals surface area (Å²) in [5.74, 6) is 0. The van der Waals surface area contributed by atoms with Gasteiger partial charge in [0.25, 0.3) is 0 Å². The van der Waals surface area contributed by atoms with E-state index < -0.39 is 0 Å². The van der Waals surface area contributed by atoms with Crippen molar-refractivity contribution in [1.82, 2.24) is 0 Å². The first-order valence-electron chi connectivity index (χ1n) is 0. The van der Waals surface area contributed by atoms with Crippen molar-refractivity contribution in [3.05, 3.63) is 0 Å². The third-order valence-electron chi connectivity index (χ3n) is 0. The van der Waals surface area contributed by atoms with Crippen LogP contribution in [0.3, 0.4) is 0 Å². The van der Waals surface area contributed by atoms with Gasteiger partial charge in [0, 0.05) is 124 Å². The van der Waals surface area contributed by atoms with Gasteiger partial charge >= 0.3 is 0 Å². The summed E-state index contributed by atoms with van der Waals surface area (Å²) in [5, 5.41) is 0. The molecule has 0 aromatic heterocycles. The summed E-state index contributed by atoms with van der Waals surface area (Å²) >= 11 is 0. The van der Waals surface area contributed by atoms with Crippen molar-refractivity contribution < 1.29 is 124 Å². The molecular formula is C7H31PU4. The second kappa shape index (κ2) is 156. The summed E-state index contributed by atoms with van der Waals surface area (Å²) in [6.07, 6.45) is 0. The summed E-state index contributed by atoms with van der Waals surface area (Å²) in [4.78, 5) is 0. The topological polar surface area (TPSA) is 0 Å². The van der Waals surface area contributed by atoms with Gasteiger partial charge in [0.1, 0.15) is 0 Å². The Morgan fingerprint density at radius 2 is 0.250 bits per heavy atom. The van der Waals surface area contributed by atoms with Crippen molar-refractivity contribution in [1.29, 1.82) is 0 Å². The van der Waals surface area contributed by atoms with Crippen molar-refractivity contribution >= 4 is 9.90 Å². The van der Waals surface area contributed by atoms with Gasteiger partial charge in [-0.3, -0.25) is 0 Å². The number of hydrogen-bond donors (Lipinski definition) is 0. The first kappa shape index (κ1) is 189. The molecule has 5 heteroatoms. The van der Waals surface area contributed by atoms with Crippen LogP contribution in [0, 0.1) is 124 Å². The maximum Gasteiger partial charge on any atom is 0 e. The summed E-state index contributed by atoms with van der Waals surface area (Å²) in [6, 6.07) is 0. The Kier molecular flexibility index (Phi) is 2460. The van der Waals surface area contributed by atoms with Crippen LogP contribution in [0.5, 0.6) is 0 Å². The van der Waals surface area contributed by atoms with Crippen LogP contribution in [0.1, 0.15) is 52.0 Å². The van der Waals surface area contributed by atoms with Crippen molar-refractivity contribution in [2.24, 2.45) is 0 Å². The van der Waals surface area contributed by atoms with E-state index in [9.17, 15) is 0 Å². The Balaban J connectivity index is 0. The molecule has 0 radical (unpaired) electrons. The Morgan fingerprint density at radius 1 is 0.250 bits per heavy atom. The van der Waals surface area contributed by atoms with Gasteiger partial charge < -0.3 is 0 Å². The van der Waals surface area contributed by atoms with Crippen LogP contribution in [-0.2, 0) is 0 Å². The van der Waals surface area contributed by atoms with Crippen LogP contribution >= 0.6 is 9.90 Å². The molecule has 0 rings (SSSR count). The second-order valence-electron chi connectivity index (χ2n) is 0. The normalized spacial score (nSPS) is 0. The molecule has 0 amide bonds. The van der Waals surface area contributed by atoms with E-state index >= 15 is 0 Å². The summed E-state index contributed by atoms with van der Waals surface area (Å²) in [7, 11) is 0. The van der Waals surface area contributed by atoms with Gasteiger partial charge in [-0.05, 0) is 0 Å². The van der Waals surface area contributed by atoms with Gasteiger partial charge in [0.15, 0.2) is 0 Å². The molecular weight excluding hydrogens is 1070 g/mol. The summed E-state index contributed by atoms with van der Waals surface area (Å²) in [6.45, 7) is 0. The maximum absolute atomic E-state index is 0. The molecule has 1 unspecified atom stereocenters. The Morgan fingerprint density at radius 3 is 0.250 bits per heavy atom. The molecule has 0 saturated carbocycles. The van der Waals surface area contributed by atoms with E-state index in [1.54, 1.807) is 0 Å². The van der Waals surface area contributed by atoms with Crippen LogP contribution in [0.25, 0.3) is 0 Å². The SMILES string of the molecule is C.C.C.C.C.C.C.P.[U].[U].[U].[U]. The fourth-order valence-electron chi connectivity index (χ4n) is 0. The van der Waals surface area contributed by atoms with Crippen molar-refractivity contribution in [2.75, 3.05) is 0 Å². The van der Waals surface area contributed by atoms with Crippen LogP contribution in [-0.4, -0.2) is 0 Å². The van der Waals surface area contributed by atoms with Crippen LogP contribution < -0.4 is 0 Å². The van der Waals surface area contributed by atoms with E-state index in [0.717, 1.165) is 0 Å². The zero-order valence-corrected chi connectivity index (χ0v) is 20.8. The minimum atomic E-state index is 0. The third-order valence-corrected chi connectivity index (χ3v) is 0.